The Kier molecular flexibility index (Phi) is 4.71. The Balaban J connectivity index is 2.26. The summed E-state index contributed by atoms with van der Waals surface area (Å²) in [5.74, 6) is 1.59. The topological polar surface area (TPSA) is 91.3 Å². The van der Waals surface area contributed by atoms with Crippen molar-refractivity contribution >= 4 is 16.6 Å². The van der Waals surface area contributed by atoms with E-state index in [4.69, 9.17) is 20.2 Å². The van der Waals surface area contributed by atoms with Gasteiger partial charge in [-0.2, -0.15) is 0 Å². The molecule has 2 aromatic heterocycles. The first-order chi connectivity index (χ1) is 12.0. The van der Waals surface area contributed by atoms with Gasteiger partial charge < -0.3 is 20.1 Å². The molecular formula is C17H22N6O2. The molecule has 0 atom stereocenters. The number of fused-ring (bicyclic) bond motifs is 1. The zero-order valence-electron chi connectivity index (χ0n) is 14.9. The second-order valence-electron chi connectivity index (χ2n) is 5.91. The van der Waals surface area contributed by atoms with Crippen LogP contribution in [0, 0.1) is 0 Å². The van der Waals surface area contributed by atoms with Gasteiger partial charge in [0.1, 0.15) is 6.33 Å². The van der Waals surface area contributed by atoms with Crippen LogP contribution in [-0.4, -0.2) is 59.3 Å². The summed E-state index contributed by atoms with van der Waals surface area (Å²) in [6, 6.07) is 1.83. The lowest BCUT2D eigenvalue weighted by Crippen LogP contribution is -2.17. The van der Waals surface area contributed by atoms with Crippen LogP contribution in [0.25, 0.3) is 16.9 Å². The smallest absolute Gasteiger partial charge is 0.235 e. The molecule has 8 nitrogen and oxygen atoms in total. The summed E-state index contributed by atoms with van der Waals surface area (Å²) in [6.45, 7) is 0.837. The molecule has 0 unspecified atom stereocenters. The molecule has 0 amide bonds. The zero-order valence-corrected chi connectivity index (χ0v) is 14.9. The minimum Gasteiger partial charge on any atom is -0.493 e. The lowest BCUT2D eigenvalue weighted by atomic mass is 10.1. The van der Waals surface area contributed by atoms with Gasteiger partial charge in [-0.1, -0.05) is 0 Å². The van der Waals surface area contributed by atoms with Crippen molar-refractivity contribution in [3.05, 3.63) is 30.5 Å². The van der Waals surface area contributed by atoms with Crippen LogP contribution in [0.3, 0.4) is 0 Å². The van der Waals surface area contributed by atoms with Crippen molar-refractivity contribution in [2.45, 2.75) is 6.42 Å². The Labute approximate surface area is 146 Å². The Bertz CT molecular complexity index is 877. The Morgan fingerprint density at radius 3 is 2.60 bits per heavy atom. The SMILES string of the molecule is COc1cc2nc(-n3ccnc3)nc(CCN(C)C)c2c(N)c1OC. The number of ether oxygens (including phenoxy) is 2. The summed E-state index contributed by atoms with van der Waals surface area (Å²) in [7, 11) is 7.19. The second-order valence-corrected chi connectivity index (χ2v) is 5.91. The molecule has 0 fully saturated rings. The summed E-state index contributed by atoms with van der Waals surface area (Å²) in [6.07, 6.45) is 5.89. The fourth-order valence-corrected chi connectivity index (χ4v) is 2.71. The fraction of sp³-hybridized carbons (Fsp3) is 0.353. The summed E-state index contributed by atoms with van der Waals surface area (Å²) < 4.78 is 12.6. The number of nitrogen functional groups attached to an aromatic ring is 1. The van der Waals surface area contributed by atoms with Gasteiger partial charge >= 0.3 is 0 Å². The number of hydrogen-bond acceptors (Lipinski definition) is 7. The molecule has 25 heavy (non-hydrogen) atoms. The third-order valence-corrected chi connectivity index (χ3v) is 3.96. The summed E-state index contributed by atoms with van der Waals surface area (Å²) in [5.41, 5.74) is 8.43. The van der Waals surface area contributed by atoms with E-state index in [-0.39, 0.29) is 0 Å². The molecule has 0 saturated carbocycles. The molecule has 1 aromatic carbocycles. The highest BCUT2D eigenvalue weighted by Gasteiger charge is 2.19. The Morgan fingerprint density at radius 2 is 2.00 bits per heavy atom. The first kappa shape index (κ1) is 17.0. The molecule has 0 aliphatic carbocycles. The second kappa shape index (κ2) is 6.94. The van der Waals surface area contributed by atoms with Crippen LogP contribution in [0.5, 0.6) is 11.5 Å². The summed E-state index contributed by atoms with van der Waals surface area (Å²) in [4.78, 5) is 15.5. The largest absolute Gasteiger partial charge is 0.493 e. The van der Waals surface area contributed by atoms with Crippen molar-refractivity contribution in [1.82, 2.24) is 24.4 Å². The lowest BCUT2D eigenvalue weighted by Gasteiger charge is -2.17. The maximum Gasteiger partial charge on any atom is 0.235 e. The monoisotopic (exact) mass is 342 g/mol. The average molecular weight is 342 g/mol. The highest BCUT2D eigenvalue weighted by Crippen LogP contribution is 2.40. The normalized spacial score (nSPS) is 11.2. The van der Waals surface area contributed by atoms with E-state index in [0.29, 0.717) is 28.7 Å². The molecule has 0 aliphatic heterocycles. The minimum atomic E-state index is 0.489. The first-order valence-electron chi connectivity index (χ1n) is 7.89. The van der Waals surface area contributed by atoms with Crippen LogP contribution in [0.15, 0.2) is 24.8 Å². The number of methoxy groups -OCH3 is 2. The van der Waals surface area contributed by atoms with E-state index in [0.717, 1.165) is 24.0 Å². The van der Waals surface area contributed by atoms with Crippen LogP contribution < -0.4 is 15.2 Å². The number of aromatic nitrogens is 4. The standard InChI is InChI=1S/C17H22N6O2/c1-22(2)7-5-11-14-12(9-13(24-3)16(25-4)15(14)18)21-17(20-11)23-8-6-19-10-23/h6,8-10H,5,7,18H2,1-4H3. The molecule has 3 rings (SSSR count). The predicted octanol–water partition coefficient (Wildman–Crippen LogP) is 1.52. The van der Waals surface area contributed by atoms with Crippen LogP contribution in [-0.2, 0) is 6.42 Å². The molecule has 8 heteroatoms. The number of benzene rings is 1. The number of imidazole rings is 1. The van der Waals surface area contributed by atoms with Gasteiger partial charge in [-0.3, -0.25) is 4.57 Å². The van der Waals surface area contributed by atoms with E-state index in [1.807, 2.05) is 20.2 Å². The van der Waals surface area contributed by atoms with Crippen LogP contribution in [0.4, 0.5) is 5.69 Å². The van der Waals surface area contributed by atoms with E-state index in [2.05, 4.69) is 14.9 Å². The Morgan fingerprint density at radius 1 is 1.20 bits per heavy atom. The van der Waals surface area contributed by atoms with Gasteiger partial charge in [-0.15, -0.1) is 0 Å². The molecule has 0 aliphatic rings. The van der Waals surface area contributed by atoms with Crippen LogP contribution in [0.2, 0.25) is 0 Å². The lowest BCUT2D eigenvalue weighted by molar-refractivity contribution is 0.357. The van der Waals surface area contributed by atoms with Crippen molar-refractivity contribution in [2.24, 2.45) is 0 Å². The van der Waals surface area contributed by atoms with E-state index >= 15 is 0 Å². The number of nitrogens with two attached hydrogens (primary N) is 1. The quantitative estimate of drug-likeness (QED) is 0.679. The van der Waals surface area contributed by atoms with E-state index in [1.54, 1.807) is 37.5 Å². The van der Waals surface area contributed by atoms with E-state index < -0.39 is 0 Å². The number of likely N-dealkylation sites (N-methyl/N-ethyl adjacent to an activating group) is 1. The van der Waals surface area contributed by atoms with Gasteiger partial charge in [0, 0.05) is 36.8 Å². The van der Waals surface area contributed by atoms with Crippen molar-refractivity contribution in [2.75, 3.05) is 40.6 Å². The van der Waals surface area contributed by atoms with Crippen molar-refractivity contribution in [1.29, 1.82) is 0 Å². The van der Waals surface area contributed by atoms with Crippen LogP contribution in [0.1, 0.15) is 5.69 Å². The number of nitrogens with zero attached hydrogens (tertiary/aromatic N) is 5. The zero-order chi connectivity index (χ0) is 18.0. The van der Waals surface area contributed by atoms with Gasteiger partial charge in [0.05, 0.1) is 31.1 Å². The van der Waals surface area contributed by atoms with Crippen molar-refractivity contribution in [3.8, 4) is 17.4 Å². The molecule has 0 saturated heterocycles. The molecule has 132 valence electrons. The molecule has 2 N–H and O–H groups in total. The molecule has 2 heterocycles. The molecule has 0 bridgehead atoms. The molecular weight excluding hydrogens is 320 g/mol. The number of rotatable bonds is 6. The third kappa shape index (κ3) is 3.20. The molecule has 3 aromatic rings. The van der Waals surface area contributed by atoms with Gasteiger partial charge in [-0.05, 0) is 14.1 Å². The first-order valence-corrected chi connectivity index (χ1v) is 7.89. The van der Waals surface area contributed by atoms with Gasteiger partial charge in [0.2, 0.25) is 5.95 Å². The fourth-order valence-electron chi connectivity index (χ4n) is 2.71. The van der Waals surface area contributed by atoms with E-state index in [1.165, 1.54) is 0 Å². The molecule has 0 radical (unpaired) electrons. The van der Waals surface area contributed by atoms with Gasteiger partial charge in [0.25, 0.3) is 0 Å². The van der Waals surface area contributed by atoms with Crippen LogP contribution >= 0.6 is 0 Å². The van der Waals surface area contributed by atoms with Gasteiger partial charge in [-0.25, -0.2) is 15.0 Å². The summed E-state index contributed by atoms with van der Waals surface area (Å²) >= 11 is 0. The maximum absolute atomic E-state index is 6.36. The third-order valence-electron chi connectivity index (χ3n) is 3.96. The molecule has 0 spiro atoms. The highest BCUT2D eigenvalue weighted by atomic mass is 16.5. The van der Waals surface area contributed by atoms with Gasteiger partial charge in [0.15, 0.2) is 11.5 Å². The van der Waals surface area contributed by atoms with E-state index in [9.17, 15) is 0 Å². The Hall–Kier alpha value is -2.87. The highest BCUT2D eigenvalue weighted by molar-refractivity contribution is 5.97. The minimum absolute atomic E-state index is 0.489. The maximum atomic E-state index is 6.36. The number of hydrogen-bond donors (Lipinski definition) is 1. The predicted molar refractivity (Wildman–Crippen MR) is 96.4 cm³/mol. The summed E-state index contributed by atoms with van der Waals surface area (Å²) in [5, 5.41) is 0.795. The number of anilines is 1. The average Bonchev–Trinajstić information content (AvgIpc) is 3.13. The van der Waals surface area contributed by atoms with Crippen molar-refractivity contribution < 1.29 is 9.47 Å². The van der Waals surface area contributed by atoms with Crippen molar-refractivity contribution in [3.63, 3.8) is 0 Å².